The summed E-state index contributed by atoms with van der Waals surface area (Å²) in [7, 11) is 0. The van der Waals surface area contributed by atoms with Crippen LogP contribution >= 0.6 is 0 Å². The van der Waals surface area contributed by atoms with Gasteiger partial charge < -0.3 is 5.11 Å². The minimum atomic E-state index is -4.42. The van der Waals surface area contributed by atoms with Crippen LogP contribution in [0.3, 0.4) is 0 Å². The van der Waals surface area contributed by atoms with Crippen molar-refractivity contribution in [2.75, 3.05) is 0 Å². The van der Waals surface area contributed by atoms with Crippen LogP contribution in [0.1, 0.15) is 18.5 Å². The Morgan fingerprint density at radius 2 is 2.05 bits per heavy atom. The van der Waals surface area contributed by atoms with Crippen LogP contribution in [-0.2, 0) is 11.0 Å². The third-order valence-corrected chi connectivity index (χ3v) is 2.88. The van der Waals surface area contributed by atoms with Crippen LogP contribution in [0.2, 0.25) is 0 Å². The van der Waals surface area contributed by atoms with E-state index in [0.29, 0.717) is 11.1 Å². The molecule has 0 saturated heterocycles. The number of aromatic nitrogens is 2. The normalized spacial score (nSPS) is 13.2. The molecule has 0 radical (unpaired) electrons. The van der Waals surface area contributed by atoms with Crippen molar-refractivity contribution < 1.29 is 23.1 Å². The highest BCUT2D eigenvalue weighted by molar-refractivity contribution is 5.71. The van der Waals surface area contributed by atoms with Gasteiger partial charge in [0.05, 0.1) is 11.8 Å². The summed E-state index contributed by atoms with van der Waals surface area (Å²) in [6.07, 6.45) is -1.66. The lowest BCUT2D eigenvalue weighted by Crippen LogP contribution is -2.15. The molecule has 0 bridgehead atoms. The molecule has 1 aromatic heterocycles. The second-order valence-electron chi connectivity index (χ2n) is 4.30. The molecule has 0 saturated carbocycles. The summed E-state index contributed by atoms with van der Waals surface area (Å²) in [5, 5.41) is 12.7. The summed E-state index contributed by atoms with van der Waals surface area (Å²) in [6.45, 7) is 1.44. The number of hydrogen-bond acceptors (Lipinski definition) is 2. The average molecular weight is 284 g/mol. The summed E-state index contributed by atoms with van der Waals surface area (Å²) >= 11 is 0. The number of carboxylic acids is 1. The first-order valence-electron chi connectivity index (χ1n) is 5.73. The Morgan fingerprint density at radius 3 is 2.65 bits per heavy atom. The number of nitrogens with zero attached hydrogens (tertiary/aromatic N) is 2. The fraction of sp³-hybridized carbons (Fsp3) is 0.231. The third kappa shape index (κ3) is 2.81. The summed E-state index contributed by atoms with van der Waals surface area (Å²) < 4.78 is 39.1. The smallest absolute Gasteiger partial charge is 0.416 e. The molecule has 0 aliphatic rings. The molecule has 20 heavy (non-hydrogen) atoms. The molecule has 1 heterocycles. The van der Waals surface area contributed by atoms with Gasteiger partial charge >= 0.3 is 12.1 Å². The molecule has 1 atom stereocenters. The third-order valence-electron chi connectivity index (χ3n) is 2.88. The topological polar surface area (TPSA) is 55.1 Å². The highest BCUT2D eigenvalue weighted by Crippen LogP contribution is 2.32. The van der Waals surface area contributed by atoms with Crippen molar-refractivity contribution >= 4 is 5.97 Å². The Labute approximate surface area is 112 Å². The van der Waals surface area contributed by atoms with E-state index < -0.39 is 23.8 Å². The van der Waals surface area contributed by atoms with E-state index in [4.69, 9.17) is 5.11 Å². The number of aliphatic carboxylic acids is 1. The maximum atomic E-state index is 12.6. The number of benzene rings is 1. The Balaban J connectivity index is 2.36. The molecule has 0 fully saturated rings. The van der Waals surface area contributed by atoms with Crippen molar-refractivity contribution in [2.45, 2.75) is 19.1 Å². The molecule has 2 aromatic rings. The monoisotopic (exact) mass is 284 g/mol. The predicted molar refractivity (Wildman–Crippen MR) is 65.0 cm³/mol. The van der Waals surface area contributed by atoms with Crippen LogP contribution in [0, 0.1) is 0 Å². The van der Waals surface area contributed by atoms with Gasteiger partial charge in [0.15, 0.2) is 0 Å². The van der Waals surface area contributed by atoms with Crippen molar-refractivity contribution in [3.8, 4) is 11.1 Å². The molecular formula is C13H11F3N2O2. The van der Waals surface area contributed by atoms with Crippen LogP contribution in [0.5, 0.6) is 0 Å². The van der Waals surface area contributed by atoms with Gasteiger partial charge in [0.1, 0.15) is 6.04 Å². The molecule has 0 aliphatic carbocycles. The van der Waals surface area contributed by atoms with Gasteiger partial charge in [-0.3, -0.25) is 4.68 Å². The Bertz CT molecular complexity index is 635. The van der Waals surface area contributed by atoms with Gasteiger partial charge in [-0.05, 0) is 24.6 Å². The highest BCUT2D eigenvalue weighted by Gasteiger charge is 2.30. The molecule has 0 unspecified atom stereocenters. The van der Waals surface area contributed by atoms with Crippen molar-refractivity contribution in [1.82, 2.24) is 9.78 Å². The van der Waals surface area contributed by atoms with Gasteiger partial charge in [0, 0.05) is 11.8 Å². The summed E-state index contributed by atoms with van der Waals surface area (Å²) in [4.78, 5) is 10.8. The SMILES string of the molecule is C[C@H](C(=O)O)n1cc(-c2cccc(C(F)(F)F)c2)cn1. The van der Waals surface area contributed by atoms with Crippen LogP contribution in [0.25, 0.3) is 11.1 Å². The van der Waals surface area contributed by atoms with E-state index in [0.717, 1.165) is 12.1 Å². The standard InChI is InChI=1S/C13H11F3N2O2/c1-8(12(19)20)18-7-10(6-17-18)9-3-2-4-11(5-9)13(14,15)16/h2-8H,1H3,(H,19,20)/t8-/m1/s1. The van der Waals surface area contributed by atoms with Crippen molar-refractivity contribution in [1.29, 1.82) is 0 Å². The lowest BCUT2D eigenvalue weighted by atomic mass is 10.1. The molecule has 1 N–H and O–H groups in total. The summed E-state index contributed by atoms with van der Waals surface area (Å²) in [5.41, 5.74) is 0.0156. The number of alkyl halides is 3. The number of rotatable bonds is 3. The van der Waals surface area contributed by atoms with Crippen molar-refractivity contribution in [3.63, 3.8) is 0 Å². The van der Waals surface area contributed by atoms with Crippen LogP contribution in [0.4, 0.5) is 13.2 Å². The molecule has 2 rings (SSSR count). The van der Waals surface area contributed by atoms with E-state index >= 15 is 0 Å². The maximum Gasteiger partial charge on any atom is 0.416 e. The van der Waals surface area contributed by atoms with Gasteiger partial charge in [-0.25, -0.2) is 4.79 Å². The minimum absolute atomic E-state index is 0.337. The first-order chi connectivity index (χ1) is 9.29. The van der Waals surface area contributed by atoms with Crippen molar-refractivity contribution in [2.24, 2.45) is 0 Å². The average Bonchev–Trinajstić information content (AvgIpc) is 2.86. The van der Waals surface area contributed by atoms with E-state index in [2.05, 4.69) is 5.10 Å². The molecule has 0 spiro atoms. The van der Waals surface area contributed by atoms with Gasteiger partial charge in [-0.2, -0.15) is 18.3 Å². The highest BCUT2D eigenvalue weighted by atomic mass is 19.4. The van der Waals surface area contributed by atoms with Crippen LogP contribution in [-0.4, -0.2) is 20.9 Å². The second kappa shape index (κ2) is 4.99. The van der Waals surface area contributed by atoms with E-state index in [1.54, 1.807) is 0 Å². The molecule has 7 heteroatoms. The van der Waals surface area contributed by atoms with E-state index in [1.165, 1.54) is 36.1 Å². The first kappa shape index (κ1) is 14.1. The fourth-order valence-electron chi connectivity index (χ4n) is 1.69. The second-order valence-corrected chi connectivity index (χ2v) is 4.30. The quantitative estimate of drug-likeness (QED) is 0.941. The maximum absolute atomic E-state index is 12.6. The van der Waals surface area contributed by atoms with E-state index in [-0.39, 0.29) is 0 Å². The molecule has 1 aromatic carbocycles. The number of hydrogen-bond donors (Lipinski definition) is 1. The number of halogens is 3. The zero-order valence-corrected chi connectivity index (χ0v) is 10.4. The van der Waals surface area contributed by atoms with E-state index in [9.17, 15) is 18.0 Å². The molecule has 0 amide bonds. The minimum Gasteiger partial charge on any atom is -0.480 e. The van der Waals surface area contributed by atoms with Gasteiger partial charge in [0.25, 0.3) is 0 Å². The zero-order valence-electron chi connectivity index (χ0n) is 10.4. The Kier molecular flexibility index (Phi) is 3.52. The Morgan fingerprint density at radius 1 is 1.35 bits per heavy atom. The number of carbonyl (C=O) groups is 1. The molecule has 0 aliphatic heterocycles. The largest absolute Gasteiger partial charge is 0.480 e. The van der Waals surface area contributed by atoms with Crippen LogP contribution < -0.4 is 0 Å². The lowest BCUT2D eigenvalue weighted by molar-refractivity contribution is -0.140. The Hall–Kier alpha value is -2.31. The zero-order chi connectivity index (χ0) is 14.9. The molecule has 106 valence electrons. The van der Waals surface area contributed by atoms with Crippen molar-refractivity contribution in [3.05, 3.63) is 42.2 Å². The van der Waals surface area contributed by atoms with Gasteiger partial charge in [-0.1, -0.05) is 12.1 Å². The first-order valence-corrected chi connectivity index (χ1v) is 5.73. The predicted octanol–water partition coefficient (Wildman–Crippen LogP) is 3.21. The lowest BCUT2D eigenvalue weighted by Gasteiger charge is -2.08. The van der Waals surface area contributed by atoms with Gasteiger partial charge in [0.2, 0.25) is 0 Å². The number of carboxylic acid groups (broad SMARTS) is 1. The summed E-state index contributed by atoms with van der Waals surface area (Å²) in [6, 6.07) is 3.92. The summed E-state index contributed by atoms with van der Waals surface area (Å²) in [5.74, 6) is -1.07. The van der Waals surface area contributed by atoms with Crippen LogP contribution in [0.15, 0.2) is 36.7 Å². The molecular weight excluding hydrogens is 273 g/mol. The van der Waals surface area contributed by atoms with E-state index in [1.807, 2.05) is 0 Å². The van der Waals surface area contributed by atoms with Gasteiger partial charge in [-0.15, -0.1) is 0 Å². The molecule has 4 nitrogen and oxygen atoms in total. The fourth-order valence-corrected chi connectivity index (χ4v) is 1.69.